The van der Waals surface area contributed by atoms with Crippen LogP contribution >= 0.6 is 0 Å². The predicted molar refractivity (Wildman–Crippen MR) is 298 cm³/mol. The fourth-order valence-corrected chi connectivity index (χ4v) is 9.71. The Balaban J connectivity index is 4.30. The first kappa shape index (κ1) is 67.4. The second-order valence-electron chi connectivity index (χ2n) is 23.1. The van der Waals surface area contributed by atoms with Crippen LogP contribution in [0.2, 0.25) is 0 Å². The first-order valence-electron chi connectivity index (χ1n) is 31.1. The van der Waals surface area contributed by atoms with Gasteiger partial charge in [-0.05, 0) is 37.0 Å². The molecule has 0 amide bonds. The first-order valence-corrected chi connectivity index (χ1v) is 31.1. The summed E-state index contributed by atoms with van der Waals surface area (Å²) in [6, 6.07) is 0. The van der Waals surface area contributed by atoms with Gasteiger partial charge in [-0.25, -0.2) is 0 Å². The van der Waals surface area contributed by atoms with Crippen molar-refractivity contribution < 1.29 is 28.6 Å². The molecule has 0 aromatic carbocycles. The molecule has 0 fully saturated rings. The molecule has 6 nitrogen and oxygen atoms in total. The number of carbonyl (C=O) groups is 3. The van der Waals surface area contributed by atoms with Crippen molar-refractivity contribution >= 4 is 17.9 Å². The van der Waals surface area contributed by atoms with Gasteiger partial charge in [-0.3, -0.25) is 14.4 Å². The van der Waals surface area contributed by atoms with Crippen LogP contribution in [0.25, 0.3) is 0 Å². The van der Waals surface area contributed by atoms with E-state index in [0.717, 1.165) is 75.5 Å². The summed E-state index contributed by atoms with van der Waals surface area (Å²) in [4.78, 5) is 38.3. The summed E-state index contributed by atoms with van der Waals surface area (Å²) in [6.07, 6.45) is 58.1. The largest absolute Gasteiger partial charge is 0.462 e. The molecule has 0 spiro atoms. The van der Waals surface area contributed by atoms with Gasteiger partial charge >= 0.3 is 17.9 Å². The highest BCUT2D eigenvalue weighted by molar-refractivity contribution is 5.71. The van der Waals surface area contributed by atoms with Crippen LogP contribution < -0.4 is 0 Å². The van der Waals surface area contributed by atoms with E-state index in [1.54, 1.807) is 0 Å². The van der Waals surface area contributed by atoms with Crippen molar-refractivity contribution in [3.8, 4) is 0 Å². The molecule has 0 atom stereocenters. The smallest absolute Gasteiger partial charge is 0.306 e. The molecule has 0 aromatic heterocycles. The minimum Gasteiger partial charge on any atom is -0.462 e. The quantitative estimate of drug-likeness (QED) is 0.0343. The molecule has 0 saturated heterocycles. The van der Waals surface area contributed by atoms with E-state index in [0.29, 0.717) is 19.3 Å². The standard InChI is InChI=1S/C63H122O6/c1-57(2)49-43-37-31-25-19-13-7-10-16-22-28-34-40-46-52-61(64)67-55-60(69-63(66)54-48-42-36-30-24-18-12-9-15-21-27-33-39-45-51-59(5)6)56-68-62(65)53-47-41-35-29-23-17-11-8-14-20-26-32-38-44-50-58(3)4/h57-60H,7-56H2,1-6H3. The maximum absolute atomic E-state index is 12.9. The minimum atomic E-state index is -0.764. The molecule has 410 valence electrons. The van der Waals surface area contributed by atoms with Gasteiger partial charge in [-0.15, -0.1) is 0 Å². The Morgan fingerprint density at radius 2 is 0.420 bits per heavy atom. The van der Waals surface area contributed by atoms with Gasteiger partial charge in [0.25, 0.3) is 0 Å². The van der Waals surface area contributed by atoms with E-state index < -0.39 is 6.10 Å². The highest BCUT2D eigenvalue weighted by atomic mass is 16.6. The molecule has 0 aliphatic carbocycles. The summed E-state index contributed by atoms with van der Waals surface area (Å²) in [6.45, 7) is 13.8. The van der Waals surface area contributed by atoms with E-state index in [-0.39, 0.29) is 31.1 Å². The Bertz CT molecular complexity index is 1010. The SMILES string of the molecule is CC(C)CCCCCCCCCCCCCCCCC(=O)OCC(COC(=O)CCCCCCCCCCCCCCCCC(C)C)OC(=O)CCCCCCCCCCCCCCCCC(C)C. The molecule has 0 heterocycles. The Kier molecular flexibility index (Phi) is 52.9. The van der Waals surface area contributed by atoms with Crippen LogP contribution in [-0.2, 0) is 28.6 Å². The van der Waals surface area contributed by atoms with Crippen molar-refractivity contribution in [3.63, 3.8) is 0 Å². The van der Waals surface area contributed by atoms with E-state index >= 15 is 0 Å². The number of hydrogen-bond donors (Lipinski definition) is 0. The third-order valence-corrected chi connectivity index (χ3v) is 14.4. The Morgan fingerprint density at radius 1 is 0.246 bits per heavy atom. The van der Waals surface area contributed by atoms with Gasteiger partial charge in [0, 0.05) is 19.3 Å². The molecule has 0 unspecified atom stereocenters. The van der Waals surface area contributed by atoms with Crippen LogP contribution in [0.4, 0.5) is 0 Å². The number of unbranched alkanes of at least 4 members (excludes halogenated alkanes) is 39. The third-order valence-electron chi connectivity index (χ3n) is 14.4. The number of rotatable bonds is 56. The van der Waals surface area contributed by atoms with Gasteiger partial charge in [0.05, 0.1) is 0 Å². The normalized spacial score (nSPS) is 11.7. The third kappa shape index (κ3) is 57.2. The monoisotopic (exact) mass is 975 g/mol. The molecule has 0 aliphatic rings. The maximum Gasteiger partial charge on any atom is 0.306 e. The van der Waals surface area contributed by atoms with Crippen molar-refractivity contribution in [2.75, 3.05) is 13.2 Å². The summed E-state index contributed by atoms with van der Waals surface area (Å²) in [7, 11) is 0. The van der Waals surface area contributed by atoms with E-state index in [1.165, 1.54) is 231 Å². The average molecular weight is 976 g/mol. The zero-order valence-electron chi connectivity index (χ0n) is 47.6. The van der Waals surface area contributed by atoms with Crippen molar-refractivity contribution in [1.29, 1.82) is 0 Å². The fraction of sp³-hybridized carbons (Fsp3) is 0.952. The Hall–Kier alpha value is -1.59. The van der Waals surface area contributed by atoms with Crippen LogP contribution in [-0.4, -0.2) is 37.2 Å². The highest BCUT2D eigenvalue weighted by Crippen LogP contribution is 2.19. The van der Waals surface area contributed by atoms with E-state index in [2.05, 4.69) is 41.5 Å². The van der Waals surface area contributed by atoms with Gasteiger partial charge in [0.2, 0.25) is 0 Å². The van der Waals surface area contributed by atoms with Gasteiger partial charge in [0.15, 0.2) is 6.10 Å². The van der Waals surface area contributed by atoms with Crippen molar-refractivity contribution in [3.05, 3.63) is 0 Å². The van der Waals surface area contributed by atoms with Crippen LogP contribution in [0.3, 0.4) is 0 Å². The minimum absolute atomic E-state index is 0.0628. The summed E-state index contributed by atoms with van der Waals surface area (Å²) >= 11 is 0. The number of ether oxygens (including phenoxy) is 3. The van der Waals surface area contributed by atoms with Crippen molar-refractivity contribution in [2.24, 2.45) is 17.8 Å². The summed E-state index contributed by atoms with van der Waals surface area (Å²) in [5, 5.41) is 0. The summed E-state index contributed by atoms with van der Waals surface area (Å²) in [5.41, 5.74) is 0. The van der Waals surface area contributed by atoms with Crippen molar-refractivity contribution in [1.82, 2.24) is 0 Å². The Labute approximate surface area is 431 Å². The van der Waals surface area contributed by atoms with E-state index in [4.69, 9.17) is 14.2 Å². The molecule has 0 saturated carbocycles. The number of esters is 3. The molecular weight excluding hydrogens is 853 g/mol. The lowest BCUT2D eigenvalue weighted by Crippen LogP contribution is -2.30. The van der Waals surface area contributed by atoms with Crippen LogP contribution in [0.5, 0.6) is 0 Å². The number of hydrogen-bond acceptors (Lipinski definition) is 6. The van der Waals surface area contributed by atoms with Gasteiger partial charge in [0.1, 0.15) is 13.2 Å². The van der Waals surface area contributed by atoms with Crippen LogP contribution in [0.15, 0.2) is 0 Å². The molecule has 0 aromatic rings. The zero-order valence-corrected chi connectivity index (χ0v) is 47.6. The highest BCUT2D eigenvalue weighted by Gasteiger charge is 2.19. The molecule has 0 aliphatic heterocycles. The molecular formula is C63H122O6. The fourth-order valence-electron chi connectivity index (χ4n) is 9.71. The topological polar surface area (TPSA) is 78.9 Å². The number of carbonyl (C=O) groups excluding carboxylic acids is 3. The van der Waals surface area contributed by atoms with Crippen LogP contribution in [0.1, 0.15) is 350 Å². The van der Waals surface area contributed by atoms with Gasteiger partial charge in [-0.1, -0.05) is 311 Å². The van der Waals surface area contributed by atoms with Crippen LogP contribution in [0, 0.1) is 17.8 Å². The molecule has 0 rings (SSSR count). The first-order chi connectivity index (χ1) is 33.6. The summed E-state index contributed by atoms with van der Waals surface area (Å²) < 4.78 is 16.9. The van der Waals surface area contributed by atoms with Gasteiger partial charge in [-0.2, -0.15) is 0 Å². The molecule has 0 N–H and O–H groups in total. The maximum atomic E-state index is 12.9. The molecule has 0 bridgehead atoms. The zero-order chi connectivity index (χ0) is 50.5. The average Bonchev–Trinajstić information content (AvgIpc) is 3.31. The molecule has 6 heteroatoms. The lowest BCUT2D eigenvalue weighted by atomic mass is 10.0. The second-order valence-corrected chi connectivity index (χ2v) is 23.1. The predicted octanol–water partition coefficient (Wildman–Crippen LogP) is 20.7. The Morgan fingerprint density at radius 3 is 0.623 bits per heavy atom. The van der Waals surface area contributed by atoms with E-state index in [9.17, 15) is 14.4 Å². The van der Waals surface area contributed by atoms with Gasteiger partial charge < -0.3 is 14.2 Å². The van der Waals surface area contributed by atoms with Crippen molar-refractivity contribution in [2.45, 2.75) is 356 Å². The summed E-state index contributed by atoms with van der Waals surface area (Å²) in [5.74, 6) is 1.70. The van der Waals surface area contributed by atoms with E-state index in [1.807, 2.05) is 0 Å². The molecule has 69 heavy (non-hydrogen) atoms. The second kappa shape index (κ2) is 54.2. The lowest BCUT2D eigenvalue weighted by molar-refractivity contribution is -0.167. The lowest BCUT2D eigenvalue weighted by Gasteiger charge is -2.18. The molecule has 0 radical (unpaired) electrons.